The van der Waals surface area contributed by atoms with Crippen LogP contribution in [-0.2, 0) is 4.79 Å². The number of aliphatic carboxylic acids is 1. The number of unbranched alkanes of at least 4 members (excludes halogenated alkanes) is 9. The number of carboxylic acid groups (broad SMARTS) is 1. The molecule has 0 aromatic carbocycles. The Hall–Kier alpha value is -0.830. The van der Waals surface area contributed by atoms with Crippen LogP contribution in [0.1, 0.15) is 90.4 Å². The average molecular weight is 298 g/mol. The summed E-state index contributed by atoms with van der Waals surface area (Å²) in [7, 11) is 0. The van der Waals surface area contributed by atoms with Crippen molar-refractivity contribution in [3.05, 3.63) is 12.2 Å². The van der Waals surface area contributed by atoms with E-state index in [9.17, 15) is 4.79 Å². The molecule has 0 unspecified atom stereocenters. The van der Waals surface area contributed by atoms with Crippen molar-refractivity contribution in [3.63, 3.8) is 0 Å². The molecule has 0 saturated carbocycles. The molecule has 0 amide bonds. The quantitative estimate of drug-likeness (QED) is 0.327. The largest absolute Gasteiger partial charge is 0.481 e. The fourth-order valence-electron chi connectivity index (χ4n) is 2.36. The lowest BCUT2D eigenvalue weighted by Crippen LogP contribution is -1.98. The summed E-state index contributed by atoms with van der Waals surface area (Å²) in [6.45, 7) is 1.86. The lowest BCUT2D eigenvalue weighted by atomic mass is 10.1. The third-order valence-electron chi connectivity index (χ3n) is 3.67. The zero-order chi connectivity index (χ0) is 15.8. The number of carbonyl (C=O) groups is 1. The van der Waals surface area contributed by atoms with Gasteiger partial charge < -0.3 is 10.2 Å². The summed E-state index contributed by atoms with van der Waals surface area (Å²) >= 11 is 0. The molecular formula is C18H34O3. The second-order valence-corrected chi connectivity index (χ2v) is 6.01. The van der Waals surface area contributed by atoms with E-state index in [2.05, 4.69) is 12.2 Å². The van der Waals surface area contributed by atoms with Gasteiger partial charge in [0.05, 0.1) is 6.10 Å². The van der Waals surface area contributed by atoms with Crippen LogP contribution in [0.25, 0.3) is 0 Å². The highest BCUT2D eigenvalue weighted by atomic mass is 16.4. The smallest absolute Gasteiger partial charge is 0.303 e. The summed E-state index contributed by atoms with van der Waals surface area (Å²) in [6, 6.07) is 0. The number of aliphatic hydroxyl groups excluding tert-OH is 1. The molecule has 0 spiro atoms. The molecule has 3 nitrogen and oxygen atoms in total. The minimum absolute atomic E-state index is 0.144. The minimum Gasteiger partial charge on any atom is -0.481 e. The molecule has 1 atom stereocenters. The van der Waals surface area contributed by atoms with Gasteiger partial charge in [0.15, 0.2) is 0 Å². The van der Waals surface area contributed by atoms with Crippen LogP contribution in [0.2, 0.25) is 0 Å². The molecule has 0 aromatic rings. The number of allylic oxidation sites excluding steroid dienone is 2. The van der Waals surface area contributed by atoms with E-state index < -0.39 is 5.97 Å². The van der Waals surface area contributed by atoms with Gasteiger partial charge in [-0.25, -0.2) is 0 Å². The van der Waals surface area contributed by atoms with Crippen molar-refractivity contribution in [3.8, 4) is 0 Å². The molecule has 0 aliphatic carbocycles. The van der Waals surface area contributed by atoms with Crippen molar-refractivity contribution in [2.45, 2.75) is 96.5 Å². The molecule has 0 aromatic heterocycles. The number of rotatable bonds is 15. The normalized spacial score (nSPS) is 12.9. The SMILES string of the molecule is C[C@@H](O)CCCCCC/C=C\CCCCCCCC(=O)O. The minimum atomic E-state index is -0.677. The van der Waals surface area contributed by atoms with Crippen LogP contribution in [0.3, 0.4) is 0 Å². The third-order valence-corrected chi connectivity index (χ3v) is 3.67. The first-order valence-corrected chi connectivity index (χ1v) is 8.67. The summed E-state index contributed by atoms with van der Waals surface area (Å²) in [6.07, 6.45) is 18.4. The van der Waals surface area contributed by atoms with Crippen LogP contribution in [-0.4, -0.2) is 22.3 Å². The Bertz CT molecular complexity index is 259. The summed E-state index contributed by atoms with van der Waals surface area (Å²) in [5, 5.41) is 17.6. The summed E-state index contributed by atoms with van der Waals surface area (Å²) in [5.74, 6) is -0.677. The zero-order valence-electron chi connectivity index (χ0n) is 13.7. The van der Waals surface area contributed by atoms with Crippen molar-refractivity contribution in [1.29, 1.82) is 0 Å². The molecule has 0 bridgehead atoms. The van der Waals surface area contributed by atoms with E-state index in [-0.39, 0.29) is 6.10 Å². The predicted octanol–water partition coefficient (Wildman–Crippen LogP) is 5.08. The van der Waals surface area contributed by atoms with Gasteiger partial charge in [-0.3, -0.25) is 4.79 Å². The van der Waals surface area contributed by atoms with Gasteiger partial charge in [-0.05, 0) is 45.4 Å². The Morgan fingerprint density at radius 3 is 1.86 bits per heavy atom. The van der Waals surface area contributed by atoms with Gasteiger partial charge in [-0.2, -0.15) is 0 Å². The monoisotopic (exact) mass is 298 g/mol. The van der Waals surface area contributed by atoms with Gasteiger partial charge >= 0.3 is 5.97 Å². The Morgan fingerprint density at radius 1 is 0.857 bits per heavy atom. The van der Waals surface area contributed by atoms with Crippen molar-refractivity contribution in [2.24, 2.45) is 0 Å². The molecule has 0 aliphatic heterocycles. The van der Waals surface area contributed by atoms with Gasteiger partial charge in [-0.1, -0.05) is 50.7 Å². The Kier molecular flexibility index (Phi) is 14.9. The van der Waals surface area contributed by atoms with E-state index in [1.165, 1.54) is 38.5 Å². The van der Waals surface area contributed by atoms with Crippen LogP contribution in [0.4, 0.5) is 0 Å². The lowest BCUT2D eigenvalue weighted by molar-refractivity contribution is -0.137. The molecular weight excluding hydrogens is 264 g/mol. The predicted molar refractivity (Wildman–Crippen MR) is 88.5 cm³/mol. The van der Waals surface area contributed by atoms with Crippen molar-refractivity contribution >= 4 is 5.97 Å². The average Bonchev–Trinajstić information content (AvgIpc) is 2.42. The van der Waals surface area contributed by atoms with Gasteiger partial charge in [-0.15, -0.1) is 0 Å². The maximum atomic E-state index is 10.3. The highest BCUT2D eigenvalue weighted by Gasteiger charge is 1.96. The van der Waals surface area contributed by atoms with E-state index in [0.29, 0.717) is 6.42 Å². The molecule has 124 valence electrons. The van der Waals surface area contributed by atoms with Gasteiger partial charge in [0.2, 0.25) is 0 Å². The molecule has 2 N–H and O–H groups in total. The highest BCUT2D eigenvalue weighted by molar-refractivity contribution is 5.66. The fraction of sp³-hybridized carbons (Fsp3) is 0.833. The molecule has 0 heterocycles. The van der Waals surface area contributed by atoms with Crippen LogP contribution in [0.15, 0.2) is 12.2 Å². The Morgan fingerprint density at radius 2 is 1.33 bits per heavy atom. The standard InChI is InChI=1S/C18H34O3/c1-17(19)15-13-11-9-7-5-3-2-4-6-8-10-12-14-16-18(20)21/h2-3,17,19H,4-16H2,1H3,(H,20,21)/b3-2-/t17-/m1/s1. The number of hydrogen-bond acceptors (Lipinski definition) is 2. The third kappa shape index (κ3) is 19.2. The van der Waals surface area contributed by atoms with Crippen LogP contribution < -0.4 is 0 Å². The molecule has 0 saturated heterocycles. The zero-order valence-corrected chi connectivity index (χ0v) is 13.7. The highest BCUT2D eigenvalue weighted by Crippen LogP contribution is 2.10. The first-order chi connectivity index (χ1) is 10.1. The van der Waals surface area contributed by atoms with E-state index in [4.69, 9.17) is 10.2 Å². The van der Waals surface area contributed by atoms with Gasteiger partial charge in [0.1, 0.15) is 0 Å². The van der Waals surface area contributed by atoms with Crippen LogP contribution in [0, 0.1) is 0 Å². The molecule has 0 rings (SSSR count). The van der Waals surface area contributed by atoms with Gasteiger partial charge in [0, 0.05) is 6.42 Å². The molecule has 21 heavy (non-hydrogen) atoms. The van der Waals surface area contributed by atoms with Crippen molar-refractivity contribution < 1.29 is 15.0 Å². The maximum absolute atomic E-state index is 10.3. The van der Waals surface area contributed by atoms with E-state index in [1.807, 2.05) is 6.92 Å². The number of hydrogen-bond donors (Lipinski definition) is 2. The van der Waals surface area contributed by atoms with Gasteiger partial charge in [0.25, 0.3) is 0 Å². The summed E-state index contributed by atoms with van der Waals surface area (Å²) < 4.78 is 0. The molecule has 0 radical (unpaired) electrons. The first kappa shape index (κ1) is 20.2. The molecule has 0 aliphatic rings. The fourth-order valence-corrected chi connectivity index (χ4v) is 2.36. The van der Waals surface area contributed by atoms with E-state index in [0.717, 1.165) is 38.5 Å². The first-order valence-electron chi connectivity index (χ1n) is 8.67. The molecule has 0 fully saturated rings. The Balaban J connectivity index is 3.10. The summed E-state index contributed by atoms with van der Waals surface area (Å²) in [5.41, 5.74) is 0. The maximum Gasteiger partial charge on any atom is 0.303 e. The second kappa shape index (κ2) is 15.6. The molecule has 3 heteroatoms. The number of aliphatic hydroxyl groups is 1. The Labute approximate surface area is 130 Å². The topological polar surface area (TPSA) is 57.5 Å². The summed E-state index contributed by atoms with van der Waals surface area (Å²) in [4.78, 5) is 10.3. The van der Waals surface area contributed by atoms with Crippen LogP contribution >= 0.6 is 0 Å². The van der Waals surface area contributed by atoms with Crippen molar-refractivity contribution in [1.82, 2.24) is 0 Å². The van der Waals surface area contributed by atoms with E-state index >= 15 is 0 Å². The van der Waals surface area contributed by atoms with Crippen molar-refractivity contribution in [2.75, 3.05) is 0 Å². The number of carboxylic acids is 1. The second-order valence-electron chi connectivity index (χ2n) is 6.01. The lowest BCUT2D eigenvalue weighted by Gasteiger charge is -2.02. The van der Waals surface area contributed by atoms with E-state index in [1.54, 1.807) is 0 Å². The van der Waals surface area contributed by atoms with Crippen LogP contribution in [0.5, 0.6) is 0 Å².